The van der Waals surface area contributed by atoms with Crippen LogP contribution in [0.3, 0.4) is 0 Å². The van der Waals surface area contributed by atoms with Gasteiger partial charge in [0.25, 0.3) is 0 Å². The number of carbonyl (C=O) groups is 1. The van der Waals surface area contributed by atoms with Gasteiger partial charge in [-0.05, 0) is 36.3 Å². The van der Waals surface area contributed by atoms with Gasteiger partial charge < -0.3 is 4.74 Å². The smallest absolute Gasteiger partial charge is 0.303 e. The highest BCUT2D eigenvalue weighted by atomic mass is 32.2. The van der Waals surface area contributed by atoms with Crippen LogP contribution in [-0.4, -0.2) is 31.8 Å². The summed E-state index contributed by atoms with van der Waals surface area (Å²) in [5, 5.41) is 0. The van der Waals surface area contributed by atoms with E-state index in [1.54, 1.807) is 30.3 Å². The fraction of sp³-hybridized carbons (Fsp3) is 0.250. The number of hydrogen-bond donors (Lipinski definition) is 0. The second kappa shape index (κ2) is 7.05. The van der Waals surface area contributed by atoms with Crippen molar-refractivity contribution in [2.24, 2.45) is 0 Å². The van der Waals surface area contributed by atoms with Gasteiger partial charge in [0, 0.05) is 14.0 Å². The van der Waals surface area contributed by atoms with Gasteiger partial charge in [0.2, 0.25) is 10.0 Å². The Morgan fingerprint density at radius 2 is 1.73 bits per heavy atom. The molecule has 0 bridgehead atoms. The molecule has 0 saturated heterocycles. The van der Waals surface area contributed by atoms with Crippen LogP contribution >= 0.6 is 0 Å². The molecule has 26 heavy (non-hydrogen) atoms. The highest BCUT2D eigenvalue weighted by Gasteiger charge is 2.37. The van der Waals surface area contributed by atoms with E-state index in [4.69, 9.17) is 4.74 Å². The van der Waals surface area contributed by atoms with Gasteiger partial charge in [-0.2, -0.15) is 4.31 Å². The predicted molar refractivity (Wildman–Crippen MR) is 99.9 cm³/mol. The number of fused-ring (bicyclic) bond motifs is 1. The zero-order chi connectivity index (χ0) is 18.9. The lowest BCUT2D eigenvalue weighted by atomic mass is 9.91. The molecular weight excluding hydrogens is 350 g/mol. The first-order chi connectivity index (χ1) is 12.3. The Hall–Kier alpha value is -2.44. The van der Waals surface area contributed by atoms with Crippen molar-refractivity contribution in [2.75, 3.05) is 7.05 Å². The zero-order valence-electron chi connectivity index (χ0n) is 14.9. The van der Waals surface area contributed by atoms with Crippen LogP contribution < -0.4 is 0 Å². The molecule has 0 radical (unpaired) electrons. The van der Waals surface area contributed by atoms with E-state index in [0.717, 1.165) is 16.7 Å². The fourth-order valence-corrected chi connectivity index (χ4v) is 4.48. The minimum Gasteiger partial charge on any atom is -0.456 e. The summed E-state index contributed by atoms with van der Waals surface area (Å²) in [6, 6.07) is 13.6. The van der Waals surface area contributed by atoms with Crippen molar-refractivity contribution < 1.29 is 17.9 Å². The summed E-state index contributed by atoms with van der Waals surface area (Å²) in [6.45, 7) is 3.22. The molecule has 0 saturated carbocycles. The first-order valence-corrected chi connectivity index (χ1v) is 9.74. The van der Waals surface area contributed by atoms with Crippen LogP contribution in [0.2, 0.25) is 0 Å². The van der Waals surface area contributed by atoms with E-state index >= 15 is 0 Å². The monoisotopic (exact) mass is 371 g/mol. The number of sulfonamides is 1. The Morgan fingerprint density at radius 3 is 2.38 bits per heavy atom. The van der Waals surface area contributed by atoms with Crippen LogP contribution in [0.1, 0.15) is 29.7 Å². The molecule has 0 aliphatic heterocycles. The number of likely N-dealkylation sites (N-methyl/N-ethyl adjacent to an activating group) is 1. The molecule has 6 heteroatoms. The molecule has 2 unspecified atom stereocenters. The normalized spacial score (nSPS) is 19.2. The minimum atomic E-state index is -3.76. The van der Waals surface area contributed by atoms with Gasteiger partial charge in [0.1, 0.15) is 6.10 Å². The number of benzene rings is 2. The molecule has 2 aromatic carbocycles. The first kappa shape index (κ1) is 18.4. The van der Waals surface area contributed by atoms with Crippen LogP contribution in [-0.2, 0) is 19.6 Å². The van der Waals surface area contributed by atoms with Gasteiger partial charge in [-0.1, -0.05) is 48.0 Å². The molecule has 2 atom stereocenters. The molecule has 0 heterocycles. The van der Waals surface area contributed by atoms with Crippen LogP contribution in [0.4, 0.5) is 0 Å². The summed E-state index contributed by atoms with van der Waals surface area (Å²) in [5.41, 5.74) is 2.70. The highest BCUT2D eigenvalue weighted by Crippen LogP contribution is 2.36. The lowest BCUT2D eigenvalue weighted by Crippen LogP contribution is -2.40. The third-order valence-corrected chi connectivity index (χ3v) is 6.34. The van der Waals surface area contributed by atoms with Crippen LogP contribution in [0, 0.1) is 6.92 Å². The molecule has 0 fully saturated rings. The minimum absolute atomic E-state index is 0.208. The van der Waals surface area contributed by atoms with Crippen LogP contribution in [0.25, 0.3) is 6.08 Å². The van der Waals surface area contributed by atoms with Gasteiger partial charge in [-0.3, -0.25) is 4.79 Å². The SMILES string of the molecule is CC(=O)OC1C=Cc2ccccc2C1N(C)S(=O)(=O)c1ccc(C)cc1. The van der Waals surface area contributed by atoms with E-state index < -0.39 is 28.1 Å². The molecule has 0 N–H and O–H groups in total. The van der Waals surface area contributed by atoms with E-state index in [1.807, 2.05) is 37.3 Å². The second-order valence-corrected chi connectivity index (χ2v) is 8.34. The van der Waals surface area contributed by atoms with E-state index in [0.29, 0.717) is 0 Å². The molecule has 2 aromatic rings. The Balaban J connectivity index is 2.06. The Morgan fingerprint density at radius 1 is 1.08 bits per heavy atom. The lowest BCUT2D eigenvalue weighted by Gasteiger charge is -2.35. The topological polar surface area (TPSA) is 63.7 Å². The Labute approximate surface area is 154 Å². The molecule has 5 nitrogen and oxygen atoms in total. The Bertz CT molecular complexity index is 948. The maximum Gasteiger partial charge on any atom is 0.303 e. The van der Waals surface area contributed by atoms with Gasteiger partial charge in [-0.25, -0.2) is 8.42 Å². The number of aryl methyl sites for hydroxylation is 1. The third-order valence-electron chi connectivity index (χ3n) is 4.48. The van der Waals surface area contributed by atoms with Crippen molar-refractivity contribution in [1.29, 1.82) is 0 Å². The summed E-state index contributed by atoms with van der Waals surface area (Å²) in [6.07, 6.45) is 2.90. The van der Waals surface area contributed by atoms with Crippen molar-refractivity contribution in [1.82, 2.24) is 4.31 Å². The van der Waals surface area contributed by atoms with Gasteiger partial charge in [0.05, 0.1) is 10.9 Å². The van der Waals surface area contributed by atoms with Crippen molar-refractivity contribution in [3.05, 3.63) is 71.3 Å². The summed E-state index contributed by atoms with van der Waals surface area (Å²) in [4.78, 5) is 11.7. The quantitative estimate of drug-likeness (QED) is 0.774. The largest absolute Gasteiger partial charge is 0.456 e. The van der Waals surface area contributed by atoms with Gasteiger partial charge in [-0.15, -0.1) is 0 Å². The predicted octanol–water partition coefficient (Wildman–Crippen LogP) is 3.32. The van der Waals surface area contributed by atoms with Gasteiger partial charge in [0.15, 0.2) is 0 Å². The van der Waals surface area contributed by atoms with Gasteiger partial charge >= 0.3 is 5.97 Å². The number of nitrogens with zero attached hydrogens (tertiary/aromatic N) is 1. The molecule has 1 aliphatic rings. The third kappa shape index (κ3) is 3.43. The molecule has 3 rings (SSSR count). The van der Waals surface area contributed by atoms with E-state index in [2.05, 4.69) is 0 Å². The maximum atomic E-state index is 13.1. The zero-order valence-corrected chi connectivity index (χ0v) is 15.7. The fourth-order valence-electron chi connectivity index (χ4n) is 3.14. The molecule has 0 amide bonds. The number of esters is 1. The summed E-state index contributed by atoms with van der Waals surface area (Å²) >= 11 is 0. The number of carbonyl (C=O) groups excluding carboxylic acids is 1. The van der Waals surface area contributed by atoms with E-state index in [1.165, 1.54) is 18.3 Å². The standard InChI is InChI=1S/C20H21NO4S/c1-14-8-11-17(12-9-14)26(23,24)21(3)20-18-7-5-4-6-16(18)10-13-19(20)25-15(2)22/h4-13,19-20H,1-3H3. The average molecular weight is 371 g/mol. The maximum absolute atomic E-state index is 13.1. The molecule has 0 spiro atoms. The number of rotatable bonds is 4. The highest BCUT2D eigenvalue weighted by molar-refractivity contribution is 7.89. The summed E-state index contributed by atoms with van der Waals surface area (Å²) < 4.78 is 33.0. The molecule has 1 aliphatic carbocycles. The van der Waals surface area contributed by atoms with E-state index in [-0.39, 0.29) is 4.90 Å². The van der Waals surface area contributed by atoms with E-state index in [9.17, 15) is 13.2 Å². The molecule has 136 valence electrons. The van der Waals surface area contributed by atoms with Crippen molar-refractivity contribution in [3.63, 3.8) is 0 Å². The van der Waals surface area contributed by atoms with Crippen molar-refractivity contribution >= 4 is 22.1 Å². The lowest BCUT2D eigenvalue weighted by molar-refractivity contribution is -0.146. The average Bonchev–Trinajstić information content (AvgIpc) is 2.61. The van der Waals surface area contributed by atoms with Crippen LogP contribution in [0.15, 0.2) is 59.5 Å². The Kier molecular flexibility index (Phi) is 4.98. The van der Waals surface area contributed by atoms with Crippen LogP contribution in [0.5, 0.6) is 0 Å². The number of ether oxygens (including phenoxy) is 1. The molecule has 0 aromatic heterocycles. The number of hydrogen-bond acceptors (Lipinski definition) is 4. The first-order valence-electron chi connectivity index (χ1n) is 8.30. The second-order valence-electron chi connectivity index (χ2n) is 6.34. The summed E-state index contributed by atoms with van der Waals surface area (Å²) in [5.74, 6) is -0.454. The molecular formula is C20H21NO4S. The van der Waals surface area contributed by atoms with Crippen molar-refractivity contribution in [2.45, 2.75) is 30.9 Å². The summed E-state index contributed by atoms with van der Waals surface area (Å²) in [7, 11) is -2.24. The van der Waals surface area contributed by atoms with Crippen molar-refractivity contribution in [3.8, 4) is 0 Å².